The molecule has 1 saturated heterocycles. The van der Waals surface area contributed by atoms with E-state index in [9.17, 15) is 24.0 Å². The fourth-order valence-corrected chi connectivity index (χ4v) is 8.13. The number of pyridine rings is 2. The first-order chi connectivity index (χ1) is 27.4. The minimum atomic E-state index is -0.708. The molecule has 0 spiro atoms. The van der Waals surface area contributed by atoms with Gasteiger partial charge in [-0.25, -0.2) is 0 Å². The van der Waals surface area contributed by atoms with Crippen molar-refractivity contribution in [1.29, 1.82) is 0 Å². The maximum atomic E-state index is 13.3. The van der Waals surface area contributed by atoms with Gasteiger partial charge in [0.1, 0.15) is 17.5 Å². The van der Waals surface area contributed by atoms with Crippen LogP contribution in [-0.4, -0.2) is 71.4 Å². The number of primary amides is 1. The van der Waals surface area contributed by atoms with E-state index < -0.39 is 17.9 Å². The van der Waals surface area contributed by atoms with E-state index >= 15 is 0 Å². The quantitative estimate of drug-likeness (QED) is 0.182. The molecular formula is C44H41N7O6. The van der Waals surface area contributed by atoms with Crippen LogP contribution in [0, 0.1) is 18.8 Å². The monoisotopic (exact) mass is 763 g/mol. The first kappa shape index (κ1) is 37.0. The average Bonchev–Trinajstić information content (AvgIpc) is 3.54. The molecule has 57 heavy (non-hydrogen) atoms. The Kier molecular flexibility index (Phi) is 9.49. The van der Waals surface area contributed by atoms with Crippen LogP contribution in [0.3, 0.4) is 0 Å². The number of anilines is 3. The molecule has 4 amide bonds. The Morgan fingerprint density at radius 2 is 1.81 bits per heavy atom. The number of likely N-dealkylation sites (N-methyl/N-ethyl adjacent to an activating group) is 1. The highest BCUT2D eigenvalue weighted by molar-refractivity contribution is 6.06. The van der Waals surface area contributed by atoms with Gasteiger partial charge in [-0.15, -0.1) is 0 Å². The van der Waals surface area contributed by atoms with Crippen molar-refractivity contribution in [3.8, 4) is 28.7 Å². The van der Waals surface area contributed by atoms with Crippen LogP contribution in [0.15, 0.2) is 71.7 Å². The number of carbonyl (C=O) groups excluding carboxylic acids is 4. The Morgan fingerprint density at radius 3 is 2.58 bits per heavy atom. The number of amides is 4. The van der Waals surface area contributed by atoms with Crippen molar-refractivity contribution >= 4 is 51.6 Å². The fraction of sp³-hybridized carbons (Fsp3) is 0.273. The van der Waals surface area contributed by atoms with Crippen LogP contribution in [0.25, 0.3) is 22.0 Å². The van der Waals surface area contributed by atoms with E-state index in [2.05, 4.69) is 51.1 Å². The van der Waals surface area contributed by atoms with Gasteiger partial charge >= 0.3 is 0 Å². The lowest BCUT2D eigenvalue weighted by Gasteiger charge is -2.38. The summed E-state index contributed by atoms with van der Waals surface area (Å²) in [5.74, 6) is 5.39. The Hall–Kier alpha value is -6.94. The summed E-state index contributed by atoms with van der Waals surface area (Å²) in [6.07, 6.45) is 2.93. The second-order valence-electron chi connectivity index (χ2n) is 14.7. The zero-order chi connectivity index (χ0) is 40.1. The van der Waals surface area contributed by atoms with Crippen LogP contribution in [0.5, 0.6) is 5.75 Å². The van der Waals surface area contributed by atoms with E-state index in [0.717, 1.165) is 51.2 Å². The summed E-state index contributed by atoms with van der Waals surface area (Å²) in [4.78, 5) is 73.3. The van der Waals surface area contributed by atoms with Gasteiger partial charge in [0, 0.05) is 92.5 Å². The van der Waals surface area contributed by atoms with Crippen LogP contribution in [0.2, 0.25) is 0 Å². The van der Waals surface area contributed by atoms with E-state index in [4.69, 9.17) is 10.5 Å². The summed E-state index contributed by atoms with van der Waals surface area (Å²) in [6, 6.07) is 18.7. The molecule has 2 aromatic heterocycles. The Morgan fingerprint density at radius 1 is 0.982 bits per heavy atom. The highest BCUT2D eigenvalue weighted by Gasteiger charge is 2.39. The molecule has 3 aromatic carbocycles. The summed E-state index contributed by atoms with van der Waals surface area (Å²) < 4.78 is 7.34. The molecule has 13 heteroatoms. The van der Waals surface area contributed by atoms with E-state index in [1.165, 1.54) is 4.90 Å². The minimum Gasteiger partial charge on any atom is -0.497 e. The van der Waals surface area contributed by atoms with Crippen molar-refractivity contribution in [3.05, 3.63) is 111 Å². The number of fused-ring (bicyclic) bond motifs is 3. The summed E-state index contributed by atoms with van der Waals surface area (Å²) in [5, 5.41) is 3.29. The lowest BCUT2D eigenvalue weighted by molar-refractivity contribution is -0.136. The van der Waals surface area contributed by atoms with Crippen LogP contribution < -0.4 is 31.1 Å². The van der Waals surface area contributed by atoms with Crippen molar-refractivity contribution in [1.82, 2.24) is 19.8 Å². The number of nitrogens with one attached hydrogen (secondary N) is 1. The molecule has 1 unspecified atom stereocenters. The minimum absolute atomic E-state index is 0.0513. The number of benzene rings is 3. The summed E-state index contributed by atoms with van der Waals surface area (Å²) in [5.41, 5.74) is 14.6. The van der Waals surface area contributed by atoms with E-state index in [-0.39, 0.29) is 42.5 Å². The van der Waals surface area contributed by atoms with Gasteiger partial charge in [0.15, 0.2) is 0 Å². The Balaban J connectivity index is 1.06. The smallest absolute Gasteiger partial charge is 0.267 e. The summed E-state index contributed by atoms with van der Waals surface area (Å²) in [7, 11) is 5.46. The van der Waals surface area contributed by atoms with Crippen LogP contribution in [0.1, 0.15) is 62.4 Å². The lowest BCUT2D eigenvalue weighted by Crippen LogP contribution is -2.52. The standard InChI is InChI=1S/C44H41N7O6/c1-25-18-32-36(49(3)43(25)55)21-30(57-4)22-37(32)50-17-16-48(2)38-20-27(12-13-34(38)50)29-19-28(40(41(45)53)46-23-29)9-6-5-8-26-10-7-11-31-33(26)24-51(44(31)56)35-14-15-39(52)47-42(35)54/h7,10-13,18-23,35H,6,9,14-17,24H2,1-4H3,(H2,45,53)(H,47,52,54). The number of nitrogens with two attached hydrogens (primary N) is 1. The number of aryl methyl sites for hydroxylation is 3. The van der Waals surface area contributed by atoms with Crippen LogP contribution in [0.4, 0.5) is 17.1 Å². The number of hydrogen-bond donors (Lipinski definition) is 2. The van der Waals surface area contributed by atoms with E-state index in [1.807, 2.05) is 43.3 Å². The molecule has 1 atom stereocenters. The number of piperidine rings is 1. The number of ether oxygens (including phenoxy) is 1. The number of rotatable bonds is 7. The molecule has 3 aliphatic rings. The van der Waals surface area contributed by atoms with Crippen molar-refractivity contribution in [2.24, 2.45) is 12.8 Å². The number of nitrogens with zero attached hydrogens (tertiary/aromatic N) is 5. The first-order valence-corrected chi connectivity index (χ1v) is 18.8. The Bertz CT molecular complexity index is 2670. The van der Waals surface area contributed by atoms with E-state index in [0.29, 0.717) is 47.4 Å². The first-order valence-electron chi connectivity index (χ1n) is 18.8. The maximum Gasteiger partial charge on any atom is 0.267 e. The highest BCUT2D eigenvalue weighted by Crippen LogP contribution is 2.43. The molecule has 0 saturated carbocycles. The van der Waals surface area contributed by atoms with Gasteiger partial charge in [0.25, 0.3) is 17.4 Å². The van der Waals surface area contributed by atoms with Gasteiger partial charge in [-0.3, -0.25) is 34.3 Å². The van der Waals surface area contributed by atoms with Crippen molar-refractivity contribution in [2.45, 2.75) is 45.2 Å². The normalized spacial score (nSPS) is 16.2. The van der Waals surface area contributed by atoms with Gasteiger partial charge in [0.05, 0.1) is 29.7 Å². The lowest BCUT2D eigenvalue weighted by atomic mass is 9.98. The molecule has 3 aliphatic heterocycles. The molecule has 5 aromatic rings. The molecular weight excluding hydrogens is 723 g/mol. The predicted molar refractivity (Wildman–Crippen MR) is 217 cm³/mol. The highest BCUT2D eigenvalue weighted by atomic mass is 16.5. The topological polar surface area (TPSA) is 160 Å². The second-order valence-corrected chi connectivity index (χ2v) is 14.7. The van der Waals surface area contributed by atoms with Gasteiger partial charge in [0.2, 0.25) is 11.8 Å². The Labute approximate surface area is 329 Å². The molecule has 13 nitrogen and oxygen atoms in total. The van der Waals surface area contributed by atoms with Crippen LogP contribution >= 0.6 is 0 Å². The van der Waals surface area contributed by atoms with Gasteiger partial charge in [-0.1, -0.05) is 24.0 Å². The number of methoxy groups -OCH3 is 1. The molecule has 0 aliphatic carbocycles. The summed E-state index contributed by atoms with van der Waals surface area (Å²) in [6.45, 7) is 3.52. The molecule has 1 fully saturated rings. The molecule has 288 valence electrons. The number of aromatic nitrogens is 2. The maximum absolute atomic E-state index is 13.3. The van der Waals surface area contributed by atoms with Crippen molar-refractivity contribution in [3.63, 3.8) is 0 Å². The number of hydrogen-bond acceptors (Lipinski definition) is 9. The molecule has 3 N–H and O–H groups in total. The molecule has 5 heterocycles. The van der Waals surface area contributed by atoms with Gasteiger partial charge in [-0.2, -0.15) is 0 Å². The number of imide groups is 1. The van der Waals surface area contributed by atoms with E-state index in [1.54, 1.807) is 37.1 Å². The molecule has 0 bridgehead atoms. The van der Waals surface area contributed by atoms with Crippen molar-refractivity contribution in [2.75, 3.05) is 37.0 Å². The van der Waals surface area contributed by atoms with Gasteiger partial charge < -0.3 is 29.7 Å². The predicted octanol–water partition coefficient (Wildman–Crippen LogP) is 4.35. The fourth-order valence-electron chi connectivity index (χ4n) is 8.13. The SMILES string of the molecule is COc1cc(N2CCN(C)c3cc(-c4cnc(C(N)=O)c(CCC#Cc5cccc6c5CN(C5CCC(=O)NC5=O)C6=O)c4)ccc32)c2cc(C)c(=O)n(C)c2c1. The van der Waals surface area contributed by atoms with Crippen molar-refractivity contribution < 1.29 is 23.9 Å². The largest absolute Gasteiger partial charge is 0.497 e. The molecule has 8 rings (SSSR count). The zero-order valence-corrected chi connectivity index (χ0v) is 32.1. The zero-order valence-electron chi connectivity index (χ0n) is 32.1. The van der Waals surface area contributed by atoms with Crippen LogP contribution in [-0.2, 0) is 29.6 Å². The average molecular weight is 764 g/mol. The third-order valence-electron chi connectivity index (χ3n) is 11.2. The van der Waals surface area contributed by atoms with Gasteiger partial charge in [-0.05, 0) is 72.9 Å². The summed E-state index contributed by atoms with van der Waals surface area (Å²) >= 11 is 0. The second kappa shape index (κ2) is 14.6. The number of carbonyl (C=O) groups is 4. The third kappa shape index (κ3) is 6.63. The molecule has 0 radical (unpaired) electrons. The third-order valence-corrected chi connectivity index (χ3v) is 11.2.